The summed E-state index contributed by atoms with van der Waals surface area (Å²) in [6, 6.07) is 8.02. The Hall–Kier alpha value is -2.22. The van der Waals surface area contributed by atoms with E-state index >= 15 is 0 Å². The van der Waals surface area contributed by atoms with Crippen molar-refractivity contribution < 1.29 is 4.42 Å². The van der Waals surface area contributed by atoms with Gasteiger partial charge in [0, 0.05) is 19.3 Å². The van der Waals surface area contributed by atoms with Gasteiger partial charge in [0.15, 0.2) is 5.58 Å². The molecule has 0 saturated carbocycles. The lowest BCUT2D eigenvalue weighted by atomic mass is 10.2. The molecule has 0 spiro atoms. The number of benzene rings is 1. The quantitative estimate of drug-likeness (QED) is 0.816. The van der Waals surface area contributed by atoms with Crippen molar-refractivity contribution >= 4 is 22.8 Å². The highest BCUT2D eigenvalue weighted by molar-refractivity contribution is 5.78. The van der Waals surface area contributed by atoms with E-state index in [4.69, 9.17) is 15.4 Å². The first-order valence-corrected chi connectivity index (χ1v) is 5.37. The molecule has 0 fully saturated rings. The number of aromatic nitrogens is 1. The molecule has 88 valence electrons. The maximum absolute atomic E-state index is 8.76. The molecule has 1 aromatic heterocycles. The van der Waals surface area contributed by atoms with Gasteiger partial charge in [-0.05, 0) is 25.1 Å². The Labute approximate surface area is 99.4 Å². The average Bonchev–Trinajstić information content (AvgIpc) is 2.71. The second-order valence-corrected chi connectivity index (χ2v) is 4.13. The predicted octanol–water partition coefficient (Wildman–Crippen LogP) is 2.01. The molecule has 5 nitrogen and oxygen atoms in total. The van der Waals surface area contributed by atoms with Crippen LogP contribution in [0.5, 0.6) is 0 Å². The molecule has 0 aliphatic carbocycles. The van der Waals surface area contributed by atoms with Gasteiger partial charge in [0.05, 0.1) is 12.0 Å². The second kappa shape index (κ2) is 4.34. The second-order valence-electron chi connectivity index (χ2n) is 4.13. The molecule has 0 saturated heterocycles. The Morgan fingerprint density at radius 3 is 3.06 bits per heavy atom. The Bertz CT molecular complexity index is 569. The highest BCUT2D eigenvalue weighted by Crippen LogP contribution is 2.23. The van der Waals surface area contributed by atoms with Gasteiger partial charge in [-0.15, -0.1) is 0 Å². The van der Waals surface area contributed by atoms with Crippen molar-refractivity contribution in [3.8, 4) is 6.07 Å². The van der Waals surface area contributed by atoms with Crippen molar-refractivity contribution in [3.63, 3.8) is 0 Å². The number of hydrogen-bond acceptors (Lipinski definition) is 5. The largest absolute Gasteiger partial charge is 0.423 e. The molecule has 0 radical (unpaired) electrons. The SMILES string of the molecule is CC(C#N)CN(C)c1nc2cc(N)ccc2o1. The minimum Gasteiger partial charge on any atom is -0.423 e. The highest BCUT2D eigenvalue weighted by atomic mass is 16.4. The van der Waals surface area contributed by atoms with Crippen molar-refractivity contribution in [1.82, 2.24) is 4.98 Å². The fourth-order valence-corrected chi connectivity index (χ4v) is 1.63. The summed E-state index contributed by atoms with van der Waals surface area (Å²) in [5, 5.41) is 8.76. The van der Waals surface area contributed by atoms with Crippen molar-refractivity contribution in [2.45, 2.75) is 6.92 Å². The number of rotatable bonds is 3. The number of nitrogens with zero attached hydrogens (tertiary/aromatic N) is 3. The monoisotopic (exact) mass is 230 g/mol. The summed E-state index contributed by atoms with van der Waals surface area (Å²) in [4.78, 5) is 6.15. The summed E-state index contributed by atoms with van der Waals surface area (Å²) in [7, 11) is 1.85. The lowest BCUT2D eigenvalue weighted by molar-refractivity contribution is 0.567. The molecule has 5 heteroatoms. The van der Waals surface area contributed by atoms with Crippen LogP contribution in [0.2, 0.25) is 0 Å². The van der Waals surface area contributed by atoms with Crippen LogP contribution in [0.15, 0.2) is 22.6 Å². The molecule has 0 bridgehead atoms. The number of anilines is 2. The van der Waals surface area contributed by atoms with Crippen LogP contribution in [0.4, 0.5) is 11.7 Å². The zero-order valence-corrected chi connectivity index (χ0v) is 9.84. The highest BCUT2D eigenvalue weighted by Gasteiger charge is 2.12. The van der Waals surface area contributed by atoms with E-state index in [1.54, 1.807) is 18.2 Å². The van der Waals surface area contributed by atoms with E-state index < -0.39 is 0 Å². The summed E-state index contributed by atoms with van der Waals surface area (Å²) in [5.74, 6) is -0.0694. The first-order chi connectivity index (χ1) is 8.10. The number of hydrogen-bond donors (Lipinski definition) is 1. The molecule has 0 aliphatic heterocycles. The molecule has 1 unspecified atom stereocenters. The smallest absolute Gasteiger partial charge is 0.298 e. The molecular formula is C12H14N4O. The van der Waals surface area contributed by atoms with Gasteiger partial charge in [0.2, 0.25) is 0 Å². The van der Waals surface area contributed by atoms with Crippen LogP contribution in [-0.2, 0) is 0 Å². The normalized spacial score (nSPS) is 12.3. The van der Waals surface area contributed by atoms with E-state index in [1.165, 1.54) is 0 Å². The summed E-state index contributed by atoms with van der Waals surface area (Å²) in [5.41, 5.74) is 7.76. The Balaban J connectivity index is 2.27. The number of nitrogen functional groups attached to an aromatic ring is 1. The zero-order chi connectivity index (χ0) is 12.4. The molecule has 1 atom stereocenters. The van der Waals surface area contributed by atoms with Crippen LogP contribution >= 0.6 is 0 Å². The van der Waals surface area contributed by atoms with Crippen LogP contribution in [0.3, 0.4) is 0 Å². The standard InChI is InChI=1S/C12H14N4O/c1-8(6-13)7-16(2)12-15-10-5-9(14)3-4-11(10)17-12/h3-5,8H,7,14H2,1-2H3. The maximum Gasteiger partial charge on any atom is 0.298 e. The number of nitriles is 1. The number of oxazole rings is 1. The minimum absolute atomic E-state index is 0.0694. The van der Waals surface area contributed by atoms with E-state index in [9.17, 15) is 0 Å². The van der Waals surface area contributed by atoms with Gasteiger partial charge >= 0.3 is 0 Å². The topological polar surface area (TPSA) is 79.1 Å². The maximum atomic E-state index is 8.76. The van der Waals surface area contributed by atoms with Gasteiger partial charge in [-0.2, -0.15) is 10.2 Å². The zero-order valence-electron chi connectivity index (χ0n) is 9.84. The van der Waals surface area contributed by atoms with Gasteiger partial charge in [-0.3, -0.25) is 0 Å². The molecule has 1 heterocycles. The molecule has 2 N–H and O–H groups in total. The molecule has 0 amide bonds. The van der Waals surface area contributed by atoms with E-state index in [0.717, 1.165) is 5.52 Å². The fraction of sp³-hybridized carbons (Fsp3) is 0.333. The third kappa shape index (κ3) is 2.31. The minimum atomic E-state index is -0.0694. The Morgan fingerprint density at radius 1 is 1.59 bits per heavy atom. The first kappa shape index (κ1) is 11.3. The van der Waals surface area contributed by atoms with Crippen LogP contribution in [0, 0.1) is 17.2 Å². The molecule has 0 aliphatic rings. The van der Waals surface area contributed by atoms with Gasteiger partial charge in [-0.25, -0.2) is 0 Å². The van der Waals surface area contributed by atoms with Gasteiger partial charge in [-0.1, -0.05) is 0 Å². The van der Waals surface area contributed by atoms with E-state index in [0.29, 0.717) is 23.8 Å². The summed E-state index contributed by atoms with van der Waals surface area (Å²) < 4.78 is 5.58. The summed E-state index contributed by atoms with van der Waals surface area (Å²) in [6.07, 6.45) is 0. The Kier molecular flexibility index (Phi) is 2.88. The van der Waals surface area contributed by atoms with E-state index in [2.05, 4.69) is 11.1 Å². The van der Waals surface area contributed by atoms with Crippen molar-refractivity contribution in [3.05, 3.63) is 18.2 Å². The summed E-state index contributed by atoms with van der Waals surface area (Å²) >= 11 is 0. The first-order valence-electron chi connectivity index (χ1n) is 5.37. The van der Waals surface area contributed by atoms with Crippen molar-refractivity contribution in [2.24, 2.45) is 5.92 Å². The molecular weight excluding hydrogens is 216 g/mol. The van der Waals surface area contributed by atoms with Crippen molar-refractivity contribution in [1.29, 1.82) is 5.26 Å². The third-order valence-corrected chi connectivity index (χ3v) is 2.49. The van der Waals surface area contributed by atoms with Crippen LogP contribution < -0.4 is 10.6 Å². The van der Waals surface area contributed by atoms with Crippen LogP contribution in [0.25, 0.3) is 11.1 Å². The van der Waals surface area contributed by atoms with Gasteiger partial charge in [0.1, 0.15) is 5.52 Å². The molecule has 17 heavy (non-hydrogen) atoms. The van der Waals surface area contributed by atoms with Crippen LogP contribution in [0.1, 0.15) is 6.92 Å². The lowest BCUT2D eigenvalue weighted by Gasteiger charge is -2.14. The lowest BCUT2D eigenvalue weighted by Crippen LogP contribution is -2.23. The summed E-state index contributed by atoms with van der Waals surface area (Å²) in [6.45, 7) is 2.44. The van der Waals surface area contributed by atoms with Crippen LogP contribution in [-0.4, -0.2) is 18.6 Å². The predicted molar refractivity (Wildman–Crippen MR) is 66.5 cm³/mol. The fourth-order valence-electron chi connectivity index (χ4n) is 1.63. The van der Waals surface area contributed by atoms with Gasteiger partial charge < -0.3 is 15.1 Å². The number of fused-ring (bicyclic) bond motifs is 1. The molecule has 1 aromatic carbocycles. The van der Waals surface area contributed by atoms with E-state index in [-0.39, 0.29) is 5.92 Å². The molecule has 2 aromatic rings. The van der Waals surface area contributed by atoms with Crippen molar-refractivity contribution in [2.75, 3.05) is 24.2 Å². The number of nitrogens with two attached hydrogens (primary N) is 1. The average molecular weight is 230 g/mol. The molecule has 2 rings (SSSR count). The Morgan fingerprint density at radius 2 is 2.35 bits per heavy atom. The van der Waals surface area contributed by atoms with E-state index in [1.807, 2.05) is 18.9 Å². The third-order valence-electron chi connectivity index (χ3n) is 2.49. The van der Waals surface area contributed by atoms with Gasteiger partial charge in [0.25, 0.3) is 6.01 Å².